The summed E-state index contributed by atoms with van der Waals surface area (Å²) in [6.45, 7) is 0.799. The van der Waals surface area contributed by atoms with E-state index in [9.17, 15) is 28.0 Å². The summed E-state index contributed by atoms with van der Waals surface area (Å²) in [5, 5.41) is 12.6. The molecule has 0 atom stereocenters. The second-order valence-electron chi connectivity index (χ2n) is 6.69. The van der Waals surface area contributed by atoms with E-state index < -0.39 is 36.8 Å². The second kappa shape index (κ2) is 6.72. The summed E-state index contributed by atoms with van der Waals surface area (Å²) in [7, 11) is 0. The summed E-state index contributed by atoms with van der Waals surface area (Å²) in [4.78, 5) is 26.5. The van der Waals surface area contributed by atoms with Crippen molar-refractivity contribution in [2.45, 2.75) is 37.3 Å². The molecule has 0 aromatic heterocycles. The summed E-state index contributed by atoms with van der Waals surface area (Å²) < 4.78 is 37.1. The highest BCUT2D eigenvalue weighted by atomic mass is 19.4. The van der Waals surface area contributed by atoms with E-state index in [1.807, 2.05) is 0 Å². The van der Waals surface area contributed by atoms with Crippen LogP contribution < -0.4 is 10.2 Å². The molecular weight excluding hydrogens is 347 g/mol. The molecule has 1 fully saturated rings. The van der Waals surface area contributed by atoms with Gasteiger partial charge in [-0.25, -0.2) is 0 Å². The van der Waals surface area contributed by atoms with E-state index >= 15 is 0 Å². The van der Waals surface area contributed by atoms with E-state index in [4.69, 9.17) is 0 Å². The third-order valence-electron chi connectivity index (χ3n) is 5.07. The molecule has 0 unspecified atom stereocenters. The molecule has 2 heterocycles. The minimum Gasteiger partial charge on any atom is -0.317 e. The van der Waals surface area contributed by atoms with Gasteiger partial charge in [0.1, 0.15) is 0 Å². The lowest BCUT2D eigenvalue weighted by Crippen LogP contribution is -2.48. The number of alkyl halides is 3. The van der Waals surface area contributed by atoms with Crippen molar-refractivity contribution in [3.63, 3.8) is 0 Å². The zero-order chi connectivity index (χ0) is 18.9. The standard InChI is InChI=1S/C18H18F3N3O2/c19-18(20,21)5-4-13(25)11-24-14-3-1-2-12(10-22)15(14)17(16(24)26)6-8-23-9-7-17/h1-3,23H,4-9,11H2. The second-order valence-corrected chi connectivity index (χ2v) is 6.69. The minimum absolute atomic E-state index is 0.294. The number of hydrogen-bond acceptors (Lipinski definition) is 4. The molecule has 26 heavy (non-hydrogen) atoms. The van der Waals surface area contributed by atoms with Gasteiger partial charge in [-0.05, 0) is 38.1 Å². The number of nitriles is 1. The van der Waals surface area contributed by atoms with Crippen LogP contribution in [0.2, 0.25) is 0 Å². The number of nitrogens with zero attached hydrogens (tertiary/aromatic N) is 2. The van der Waals surface area contributed by atoms with Gasteiger partial charge in [-0.15, -0.1) is 0 Å². The van der Waals surface area contributed by atoms with Crippen molar-refractivity contribution < 1.29 is 22.8 Å². The predicted molar refractivity (Wildman–Crippen MR) is 87.6 cm³/mol. The maximum Gasteiger partial charge on any atom is 0.389 e. The maximum atomic E-state index is 13.2. The number of halogens is 3. The lowest BCUT2D eigenvalue weighted by molar-refractivity contribution is -0.142. The number of Topliss-reactive ketones (excluding diaryl/α,β-unsaturated/α-hetero) is 1. The molecule has 1 aromatic carbocycles. The lowest BCUT2D eigenvalue weighted by atomic mass is 9.72. The first kappa shape index (κ1) is 18.4. The first-order valence-electron chi connectivity index (χ1n) is 8.43. The van der Waals surface area contributed by atoms with E-state index in [1.165, 1.54) is 4.90 Å². The summed E-state index contributed by atoms with van der Waals surface area (Å²) in [6.07, 6.45) is -5.29. The molecule has 1 spiro atoms. The van der Waals surface area contributed by atoms with E-state index in [1.54, 1.807) is 18.2 Å². The third kappa shape index (κ3) is 3.19. The largest absolute Gasteiger partial charge is 0.389 e. The number of benzene rings is 1. The van der Waals surface area contributed by atoms with Crippen molar-refractivity contribution in [2.75, 3.05) is 24.5 Å². The van der Waals surface area contributed by atoms with Gasteiger partial charge in [0.15, 0.2) is 5.78 Å². The molecule has 2 aliphatic heterocycles. The van der Waals surface area contributed by atoms with Gasteiger partial charge in [0.25, 0.3) is 0 Å². The van der Waals surface area contributed by atoms with Crippen molar-refractivity contribution in [1.29, 1.82) is 5.26 Å². The zero-order valence-corrected chi connectivity index (χ0v) is 14.0. The molecule has 8 heteroatoms. The number of piperidine rings is 1. The number of ketones is 1. The lowest BCUT2D eigenvalue weighted by Gasteiger charge is -2.33. The Morgan fingerprint density at radius 1 is 1.31 bits per heavy atom. The van der Waals surface area contributed by atoms with Crippen LogP contribution in [-0.2, 0) is 15.0 Å². The molecule has 5 nitrogen and oxygen atoms in total. The molecule has 1 aromatic rings. The topological polar surface area (TPSA) is 73.2 Å². The fraction of sp³-hybridized carbons (Fsp3) is 0.500. The Morgan fingerprint density at radius 2 is 2.00 bits per heavy atom. The molecule has 1 saturated heterocycles. The van der Waals surface area contributed by atoms with E-state index in [0.29, 0.717) is 42.7 Å². The Morgan fingerprint density at radius 3 is 2.62 bits per heavy atom. The molecule has 1 amide bonds. The first-order chi connectivity index (χ1) is 12.3. The van der Waals surface area contributed by atoms with Crippen molar-refractivity contribution >= 4 is 17.4 Å². The molecule has 1 N–H and O–H groups in total. The van der Waals surface area contributed by atoms with Crippen LogP contribution in [0.1, 0.15) is 36.8 Å². The van der Waals surface area contributed by atoms with Gasteiger partial charge in [-0.3, -0.25) is 9.59 Å². The average molecular weight is 365 g/mol. The van der Waals surface area contributed by atoms with Gasteiger partial charge in [0, 0.05) is 17.7 Å². The van der Waals surface area contributed by atoms with Crippen LogP contribution >= 0.6 is 0 Å². The quantitative estimate of drug-likeness (QED) is 0.890. The number of hydrogen-bond donors (Lipinski definition) is 1. The van der Waals surface area contributed by atoms with Crippen LogP contribution in [0.5, 0.6) is 0 Å². The van der Waals surface area contributed by atoms with Crippen LogP contribution in [0.25, 0.3) is 0 Å². The molecule has 138 valence electrons. The summed E-state index contributed by atoms with van der Waals surface area (Å²) in [5.74, 6) is -0.938. The number of nitrogens with one attached hydrogen (secondary N) is 1. The Labute approximate surface area is 148 Å². The van der Waals surface area contributed by atoms with Crippen LogP contribution in [0.15, 0.2) is 18.2 Å². The smallest absolute Gasteiger partial charge is 0.317 e. The highest BCUT2D eigenvalue weighted by Gasteiger charge is 2.52. The summed E-state index contributed by atoms with van der Waals surface area (Å²) >= 11 is 0. The SMILES string of the molecule is N#Cc1cccc2c1C1(CCNCC1)C(=O)N2CC(=O)CCC(F)(F)F. The number of anilines is 1. The number of amides is 1. The van der Waals surface area contributed by atoms with Crippen molar-refractivity contribution in [3.05, 3.63) is 29.3 Å². The van der Waals surface area contributed by atoms with Gasteiger partial charge < -0.3 is 10.2 Å². The van der Waals surface area contributed by atoms with Crippen molar-refractivity contribution in [1.82, 2.24) is 5.32 Å². The summed E-state index contributed by atoms with van der Waals surface area (Å²) in [5.41, 5.74) is 0.578. The Hall–Kier alpha value is -2.40. The van der Waals surface area contributed by atoms with Crippen molar-refractivity contribution in [3.8, 4) is 6.07 Å². The molecule has 3 rings (SSSR count). The maximum absolute atomic E-state index is 13.2. The number of carbonyl (C=O) groups excluding carboxylic acids is 2. The highest BCUT2D eigenvalue weighted by Crippen LogP contribution is 2.48. The fourth-order valence-corrected chi connectivity index (χ4v) is 3.85. The zero-order valence-electron chi connectivity index (χ0n) is 14.0. The number of carbonyl (C=O) groups is 2. The normalized spacial score (nSPS) is 18.7. The molecule has 0 saturated carbocycles. The van der Waals surface area contributed by atoms with Crippen molar-refractivity contribution in [2.24, 2.45) is 0 Å². The fourth-order valence-electron chi connectivity index (χ4n) is 3.85. The van der Waals surface area contributed by atoms with Gasteiger partial charge in [-0.1, -0.05) is 6.07 Å². The predicted octanol–water partition coefficient (Wildman–Crippen LogP) is 2.44. The van der Waals surface area contributed by atoms with Crippen LogP contribution in [0.4, 0.5) is 18.9 Å². The molecule has 2 aliphatic rings. The molecule has 0 aliphatic carbocycles. The Balaban J connectivity index is 1.93. The average Bonchev–Trinajstić information content (AvgIpc) is 2.83. The monoisotopic (exact) mass is 365 g/mol. The summed E-state index contributed by atoms with van der Waals surface area (Å²) in [6, 6.07) is 7.01. The first-order valence-corrected chi connectivity index (χ1v) is 8.43. The number of rotatable bonds is 4. The van der Waals surface area contributed by atoms with Gasteiger partial charge >= 0.3 is 6.18 Å². The van der Waals surface area contributed by atoms with Crippen LogP contribution in [-0.4, -0.2) is 37.5 Å². The van der Waals surface area contributed by atoms with Gasteiger partial charge in [-0.2, -0.15) is 18.4 Å². The molecular formula is C18H18F3N3O2. The molecule has 0 radical (unpaired) electrons. The van der Waals surface area contributed by atoms with Gasteiger partial charge in [0.05, 0.1) is 30.0 Å². The van der Waals surface area contributed by atoms with E-state index in [2.05, 4.69) is 11.4 Å². The number of fused-ring (bicyclic) bond motifs is 2. The Bertz CT molecular complexity index is 777. The third-order valence-corrected chi connectivity index (χ3v) is 5.07. The highest BCUT2D eigenvalue weighted by molar-refractivity contribution is 6.11. The van der Waals surface area contributed by atoms with Crippen LogP contribution in [0, 0.1) is 11.3 Å². The Kier molecular flexibility index (Phi) is 4.76. The minimum atomic E-state index is -4.41. The van der Waals surface area contributed by atoms with Crippen LogP contribution in [0.3, 0.4) is 0 Å². The van der Waals surface area contributed by atoms with Gasteiger partial charge in [0.2, 0.25) is 5.91 Å². The molecule has 0 bridgehead atoms. The van der Waals surface area contributed by atoms with E-state index in [0.717, 1.165) is 0 Å². The van der Waals surface area contributed by atoms with E-state index in [-0.39, 0.29) is 5.91 Å².